The molecule has 21 heavy (non-hydrogen) atoms. The molecule has 0 heterocycles. The highest BCUT2D eigenvalue weighted by molar-refractivity contribution is 5.93. The van der Waals surface area contributed by atoms with Crippen molar-refractivity contribution < 1.29 is 28.2 Å². The number of urea groups is 1. The summed E-state index contributed by atoms with van der Waals surface area (Å²) in [5.74, 6) is -1.37. The normalized spacial score (nSPS) is 11.8. The number of carboxylic acids is 1. The molecule has 0 saturated heterocycles. The van der Waals surface area contributed by atoms with Gasteiger partial charge in [-0.3, -0.25) is 0 Å². The van der Waals surface area contributed by atoms with E-state index in [0.29, 0.717) is 6.42 Å². The second kappa shape index (κ2) is 8.03. The first kappa shape index (κ1) is 16.7. The van der Waals surface area contributed by atoms with Gasteiger partial charge in [0.2, 0.25) is 0 Å². The monoisotopic (exact) mass is 302 g/mol. The first-order chi connectivity index (χ1) is 9.93. The molecule has 2 amide bonds. The van der Waals surface area contributed by atoms with E-state index in [1.165, 1.54) is 24.3 Å². The number of carbonyl (C=O) groups is 2. The highest BCUT2D eigenvalue weighted by atomic mass is 19.3. The molecule has 0 spiro atoms. The molecule has 0 aliphatic carbocycles. The van der Waals surface area contributed by atoms with Crippen LogP contribution in [0.4, 0.5) is 19.3 Å². The summed E-state index contributed by atoms with van der Waals surface area (Å²) in [5.41, 5.74) is 0.0240. The third-order valence-corrected chi connectivity index (χ3v) is 2.53. The molecule has 0 fully saturated rings. The zero-order valence-corrected chi connectivity index (χ0v) is 11.3. The molecule has 1 aromatic rings. The van der Waals surface area contributed by atoms with Crippen LogP contribution >= 0.6 is 0 Å². The molecular weight excluding hydrogens is 286 g/mol. The number of halogens is 2. The number of carboxylic acid groups (broad SMARTS) is 1. The SMILES string of the molecule is CCC[C@H](NC(=O)Nc1ccccc1OC(F)F)C(=O)O. The minimum absolute atomic E-state index is 0.0240. The smallest absolute Gasteiger partial charge is 0.387 e. The quantitative estimate of drug-likeness (QED) is 0.722. The first-order valence-electron chi connectivity index (χ1n) is 6.28. The lowest BCUT2D eigenvalue weighted by Gasteiger charge is -2.16. The lowest BCUT2D eigenvalue weighted by molar-refractivity contribution is -0.139. The van der Waals surface area contributed by atoms with Gasteiger partial charge in [0.1, 0.15) is 11.8 Å². The Balaban J connectivity index is 2.72. The Labute approximate surface area is 120 Å². The van der Waals surface area contributed by atoms with Crippen molar-refractivity contribution in [2.75, 3.05) is 5.32 Å². The van der Waals surface area contributed by atoms with Crippen LogP contribution in [0.3, 0.4) is 0 Å². The second-order valence-corrected chi connectivity index (χ2v) is 4.15. The molecule has 0 aliphatic heterocycles. The number of benzene rings is 1. The molecule has 116 valence electrons. The zero-order valence-electron chi connectivity index (χ0n) is 11.3. The first-order valence-corrected chi connectivity index (χ1v) is 6.28. The zero-order chi connectivity index (χ0) is 15.8. The lowest BCUT2D eigenvalue weighted by atomic mass is 10.2. The number of para-hydroxylation sites is 2. The lowest BCUT2D eigenvalue weighted by Crippen LogP contribution is -2.42. The largest absolute Gasteiger partial charge is 0.480 e. The third kappa shape index (κ3) is 5.64. The van der Waals surface area contributed by atoms with Crippen molar-refractivity contribution in [1.82, 2.24) is 5.32 Å². The number of hydrogen-bond acceptors (Lipinski definition) is 3. The van der Waals surface area contributed by atoms with Gasteiger partial charge in [0.25, 0.3) is 0 Å². The Morgan fingerprint density at radius 3 is 2.57 bits per heavy atom. The third-order valence-electron chi connectivity index (χ3n) is 2.53. The van der Waals surface area contributed by atoms with Crippen LogP contribution < -0.4 is 15.4 Å². The van der Waals surface area contributed by atoms with Crippen LogP contribution in [0.25, 0.3) is 0 Å². The number of alkyl halides is 2. The highest BCUT2D eigenvalue weighted by Gasteiger charge is 2.19. The minimum Gasteiger partial charge on any atom is -0.480 e. The summed E-state index contributed by atoms with van der Waals surface area (Å²) < 4.78 is 28.7. The predicted octanol–water partition coefficient (Wildman–Crippen LogP) is 2.66. The Bertz CT molecular complexity index is 497. The van der Waals surface area contributed by atoms with Gasteiger partial charge in [0.05, 0.1) is 5.69 Å². The van der Waals surface area contributed by atoms with Gasteiger partial charge in [-0.25, -0.2) is 9.59 Å². The highest BCUT2D eigenvalue weighted by Crippen LogP contribution is 2.25. The summed E-state index contributed by atoms with van der Waals surface area (Å²) in [6.07, 6.45) is 0.834. The molecule has 0 radical (unpaired) electrons. The van der Waals surface area contributed by atoms with Crippen LogP contribution in [0, 0.1) is 0 Å². The van der Waals surface area contributed by atoms with Crippen molar-refractivity contribution in [2.24, 2.45) is 0 Å². The van der Waals surface area contributed by atoms with Gasteiger partial charge in [-0.1, -0.05) is 25.5 Å². The van der Waals surface area contributed by atoms with E-state index in [1.807, 2.05) is 0 Å². The van der Waals surface area contributed by atoms with Crippen LogP contribution in [0.5, 0.6) is 5.75 Å². The Hall–Kier alpha value is -2.38. The number of aliphatic carboxylic acids is 1. The van der Waals surface area contributed by atoms with E-state index in [-0.39, 0.29) is 17.9 Å². The molecule has 1 atom stereocenters. The van der Waals surface area contributed by atoms with Gasteiger partial charge >= 0.3 is 18.6 Å². The fourth-order valence-corrected chi connectivity index (χ4v) is 1.63. The number of anilines is 1. The van der Waals surface area contributed by atoms with Crippen LogP contribution in [0.1, 0.15) is 19.8 Å². The van der Waals surface area contributed by atoms with Gasteiger partial charge in [-0.15, -0.1) is 0 Å². The van der Waals surface area contributed by atoms with Crippen LogP contribution in [-0.4, -0.2) is 29.8 Å². The maximum absolute atomic E-state index is 12.2. The van der Waals surface area contributed by atoms with Crippen molar-refractivity contribution >= 4 is 17.7 Å². The number of amides is 2. The summed E-state index contributed by atoms with van der Waals surface area (Å²) in [4.78, 5) is 22.6. The molecule has 0 saturated carbocycles. The fraction of sp³-hybridized carbons (Fsp3) is 0.385. The summed E-state index contributed by atoms with van der Waals surface area (Å²) in [6, 6.07) is 3.78. The molecule has 3 N–H and O–H groups in total. The maximum atomic E-state index is 12.2. The van der Waals surface area contributed by atoms with E-state index in [9.17, 15) is 18.4 Å². The van der Waals surface area contributed by atoms with Crippen molar-refractivity contribution in [2.45, 2.75) is 32.4 Å². The molecule has 0 bridgehead atoms. The van der Waals surface area contributed by atoms with Crippen LogP contribution in [0.15, 0.2) is 24.3 Å². The molecule has 8 heteroatoms. The minimum atomic E-state index is -3.03. The van der Waals surface area contributed by atoms with E-state index < -0.39 is 24.7 Å². The van der Waals surface area contributed by atoms with Crippen LogP contribution in [-0.2, 0) is 4.79 Å². The summed E-state index contributed by atoms with van der Waals surface area (Å²) in [6.45, 7) is -1.25. The molecule has 6 nitrogen and oxygen atoms in total. The number of hydrogen-bond donors (Lipinski definition) is 3. The average molecular weight is 302 g/mol. The predicted molar refractivity (Wildman–Crippen MR) is 71.6 cm³/mol. The van der Waals surface area contributed by atoms with E-state index >= 15 is 0 Å². The topological polar surface area (TPSA) is 87.7 Å². The number of ether oxygens (including phenoxy) is 1. The molecule has 0 unspecified atom stereocenters. The van der Waals surface area contributed by atoms with Crippen molar-refractivity contribution in [3.8, 4) is 5.75 Å². The van der Waals surface area contributed by atoms with Gasteiger partial charge in [-0.2, -0.15) is 8.78 Å². The van der Waals surface area contributed by atoms with Gasteiger partial charge in [0, 0.05) is 0 Å². The van der Waals surface area contributed by atoms with E-state index in [1.54, 1.807) is 6.92 Å². The fourth-order valence-electron chi connectivity index (χ4n) is 1.63. The van der Waals surface area contributed by atoms with Crippen molar-refractivity contribution in [3.05, 3.63) is 24.3 Å². The molecule has 0 aromatic heterocycles. The molecule has 1 aromatic carbocycles. The molecule has 0 aliphatic rings. The average Bonchev–Trinajstić information content (AvgIpc) is 2.39. The Morgan fingerprint density at radius 2 is 2.00 bits per heavy atom. The number of nitrogens with one attached hydrogen (secondary N) is 2. The van der Waals surface area contributed by atoms with Crippen molar-refractivity contribution in [3.63, 3.8) is 0 Å². The number of rotatable bonds is 7. The summed E-state index contributed by atoms with van der Waals surface area (Å²) in [5, 5.41) is 13.5. The van der Waals surface area contributed by atoms with E-state index in [4.69, 9.17) is 5.11 Å². The maximum Gasteiger partial charge on any atom is 0.387 e. The Morgan fingerprint density at radius 1 is 1.33 bits per heavy atom. The Kier molecular flexibility index (Phi) is 6.38. The van der Waals surface area contributed by atoms with Crippen molar-refractivity contribution in [1.29, 1.82) is 0 Å². The molecular formula is C13H16F2N2O4. The second-order valence-electron chi connectivity index (χ2n) is 4.15. The van der Waals surface area contributed by atoms with Gasteiger partial charge < -0.3 is 20.5 Å². The van der Waals surface area contributed by atoms with E-state index in [2.05, 4.69) is 15.4 Å². The summed E-state index contributed by atoms with van der Waals surface area (Å²) >= 11 is 0. The molecule has 1 rings (SSSR count). The standard InChI is InChI=1S/C13H16F2N2O4/c1-2-5-9(11(18)19)17-13(20)16-8-6-3-4-7-10(8)21-12(14)15/h3-4,6-7,9,12H,2,5H2,1H3,(H,18,19)(H2,16,17,20)/t9-/m0/s1. The van der Waals surface area contributed by atoms with Crippen LogP contribution in [0.2, 0.25) is 0 Å². The van der Waals surface area contributed by atoms with Gasteiger partial charge in [0.15, 0.2) is 0 Å². The van der Waals surface area contributed by atoms with E-state index in [0.717, 1.165) is 0 Å². The summed E-state index contributed by atoms with van der Waals surface area (Å²) in [7, 11) is 0. The van der Waals surface area contributed by atoms with Gasteiger partial charge in [-0.05, 0) is 18.6 Å². The number of carbonyl (C=O) groups excluding carboxylic acids is 1.